The first-order valence-corrected chi connectivity index (χ1v) is 13.7. The molecule has 0 saturated carbocycles. The zero-order valence-electron chi connectivity index (χ0n) is 21.1. The molecule has 0 N–H and O–H groups in total. The summed E-state index contributed by atoms with van der Waals surface area (Å²) in [6.45, 7) is 17.4. The molecular weight excluding hydrogens is 406 g/mol. The van der Waals surface area contributed by atoms with Crippen LogP contribution in [-0.4, -0.2) is 43.7 Å². The van der Waals surface area contributed by atoms with Gasteiger partial charge in [-0.05, 0) is 97.4 Å². The van der Waals surface area contributed by atoms with Gasteiger partial charge in [0.05, 0.1) is 28.7 Å². The van der Waals surface area contributed by atoms with Gasteiger partial charge in [-0.25, -0.2) is 8.42 Å². The maximum atomic E-state index is 12.2. The molecule has 4 nitrogen and oxygen atoms in total. The lowest BCUT2D eigenvalue weighted by atomic mass is 9.96. The standard InChI is InChI=1S/C26H45NO3S/c1-19-17-25(27-18-21(3)30-23(5)22(27)4)20(2)16-24(19)14-12-10-9-11-13-15-31(28,29)26(6,7)8/h16-17,21-23H,9-15,18H2,1-8H3/t21-,22?,23+/m0/s1. The molecule has 1 unspecified atom stereocenters. The molecule has 1 aliphatic rings. The van der Waals surface area contributed by atoms with Gasteiger partial charge < -0.3 is 9.64 Å². The average molecular weight is 452 g/mol. The Morgan fingerprint density at radius 1 is 0.968 bits per heavy atom. The molecule has 1 aliphatic heterocycles. The van der Waals surface area contributed by atoms with Crippen LogP contribution in [0.25, 0.3) is 0 Å². The third kappa shape index (κ3) is 6.95. The van der Waals surface area contributed by atoms with Crippen molar-refractivity contribution in [3.05, 3.63) is 28.8 Å². The number of unbranched alkanes of at least 4 members (excludes halogenated alkanes) is 4. The molecular formula is C26H45NO3S. The normalized spacial score (nSPS) is 22.7. The van der Waals surface area contributed by atoms with Crippen molar-refractivity contribution >= 4 is 15.5 Å². The Labute approximate surface area is 191 Å². The summed E-state index contributed by atoms with van der Waals surface area (Å²) in [5, 5.41) is 0. The highest BCUT2D eigenvalue weighted by Crippen LogP contribution is 2.31. The van der Waals surface area contributed by atoms with Crippen molar-refractivity contribution in [3.63, 3.8) is 0 Å². The SMILES string of the molecule is Cc1cc(N2C[C@H](C)O[C@H](C)C2C)c(C)cc1CCCCCCCS(=O)(=O)C(C)(C)C. The van der Waals surface area contributed by atoms with Crippen LogP contribution in [0.15, 0.2) is 12.1 Å². The van der Waals surface area contributed by atoms with Gasteiger partial charge in [-0.3, -0.25) is 0 Å². The molecule has 0 bridgehead atoms. The van der Waals surface area contributed by atoms with Gasteiger partial charge in [-0.15, -0.1) is 0 Å². The van der Waals surface area contributed by atoms with Crippen LogP contribution in [0, 0.1) is 13.8 Å². The lowest BCUT2D eigenvalue weighted by molar-refractivity contribution is -0.0258. The van der Waals surface area contributed by atoms with Gasteiger partial charge in [-0.1, -0.05) is 25.3 Å². The zero-order valence-corrected chi connectivity index (χ0v) is 21.9. The lowest BCUT2D eigenvalue weighted by Gasteiger charge is -2.43. The molecule has 0 spiro atoms. The van der Waals surface area contributed by atoms with Crippen molar-refractivity contribution in [1.82, 2.24) is 0 Å². The highest BCUT2D eigenvalue weighted by molar-refractivity contribution is 7.92. The first-order chi connectivity index (χ1) is 14.3. The van der Waals surface area contributed by atoms with E-state index >= 15 is 0 Å². The molecule has 3 atom stereocenters. The number of rotatable bonds is 9. The van der Waals surface area contributed by atoms with Crippen LogP contribution in [0.1, 0.15) is 90.3 Å². The summed E-state index contributed by atoms with van der Waals surface area (Å²) in [6.07, 6.45) is 6.79. The number of aryl methyl sites for hydroxylation is 3. The summed E-state index contributed by atoms with van der Waals surface area (Å²) in [5.41, 5.74) is 5.51. The molecule has 0 radical (unpaired) electrons. The van der Waals surface area contributed by atoms with Crippen LogP contribution >= 0.6 is 0 Å². The third-order valence-corrected chi connectivity index (χ3v) is 9.52. The fourth-order valence-electron chi connectivity index (χ4n) is 4.42. The van der Waals surface area contributed by atoms with Gasteiger partial charge in [0.15, 0.2) is 9.84 Å². The number of sulfone groups is 1. The quantitative estimate of drug-likeness (QED) is 0.431. The summed E-state index contributed by atoms with van der Waals surface area (Å²) in [4.78, 5) is 2.51. The molecule has 1 heterocycles. The van der Waals surface area contributed by atoms with Crippen LogP contribution < -0.4 is 4.90 Å². The molecule has 2 rings (SSSR count). The Bertz CT molecular complexity index is 826. The van der Waals surface area contributed by atoms with E-state index in [0.717, 1.165) is 45.1 Å². The first kappa shape index (κ1) is 26.2. The molecule has 0 aromatic heterocycles. The van der Waals surface area contributed by atoms with Gasteiger partial charge in [0.1, 0.15) is 0 Å². The number of morpholine rings is 1. The van der Waals surface area contributed by atoms with Crippen molar-refractivity contribution in [2.75, 3.05) is 17.2 Å². The van der Waals surface area contributed by atoms with Crippen LogP contribution in [0.5, 0.6) is 0 Å². The summed E-state index contributed by atoms with van der Waals surface area (Å²) in [6, 6.07) is 5.11. The smallest absolute Gasteiger partial charge is 0.155 e. The molecule has 5 heteroatoms. The molecule has 0 amide bonds. The Morgan fingerprint density at radius 2 is 1.58 bits per heavy atom. The van der Waals surface area contributed by atoms with E-state index < -0.39 is 14.6 Å². The minimum absolute atomic E-state index is 0.238. The summed E-state index contributed by atoms with van der Waals surface area (Å²) >= 11 is 0. The minimum atomic E-state index is -2.98. The number of hydrogen-bond donors (Lipinski definition) is 0. The number of nitrogens with zero attached hydrogens (tertiary/aromatic N) is 1. The van der Waals surface area contributed by atoms with Crippen LogP contribution in [-0.2, 0) is 21.0 Å². The molecule has 1 aromatic carbocycles. The van der Waals surface area contributed by atoms with Crippen molar-refractivity contribution in [2.45, 2.75) is 117 Å². The molecule has 1 saturated heterocycles. The van der Waals surface area contributed by atoms with Crippen molar-refractivity contribution in [3.8, 4) is 0 Å². The van der Waals surface area contributed by atoms with Crippen molar-refractivity contribution in [2.24, 2.45) is 0 Å². The average Bonchev–Trinajstić information content (AvgIpc) is 2.65. The minimum Gasteiger partial charge on any atom is -0.372 e. The molecule has 178 valence electrons. The van der Waals surface area contributed by atoms with Gasteiger partial charge in [-0.2, -0.15) is 0 Å². The van der Waals surface area contributed by atoms with Crippen LogP contribution in [0.3, 0.4) is 0 Å². The second-order valence-corrected chi connectivity index (χ2v) is 13.4. The monoisotopic (exact) mass is 451 g/mol. The molecule has 31 heavy (non-hydrogen) atoms. The highest BCUT2D eigenvalue weighted by Gasteiger charge is 2.30. The van der Waals surface area contributed by atoms with Crippen molar-refractivity contribution < 1.29 is 13.2 Å². The number of benzene rings is 1. The summed E-state index contributed by atoms with van der Waals surface area (Å²) < 4.78 is 29.7. The lowest BCUT2D eigenvalue weighted by Crippen LogP contribution is -2.52. The van der Waals surface area contributed by atoms with Gasteiger partial charge in [0.2, 0.25) is 0 Å². The maximum absolute atomic E-state index is 12.2. The maximum Gasteiger partial charge on any atom is 0.155 e. The second-order valence-electron chi connectivity index (χ2n) is 10.6. The number of ether oxygens (including phenoxy) is 1. The van der Waals surface area contributed by atoms with Crippen LogP contribution in [0.2, 0.25) is 0 Å². The predicted molar refractivity (Wildman–Crippen MR) is 133 cm³/mol. The summed E-state index contributed by atoms with van der Waals surface area (Å²) in [5.74, 6) is 0.313. The Kier molecular flexibility index (Phi) is 9.04. The Morgan fingerprint density at radius 3 is 2.23 bits per heavy atom. The van der Waals surface area contributed by atoms with Gasteiger partial charge >= 0.3 is 0 Å². The zero-order chi connectivity index (χ0) is 23.4. The fraction of sp³-hybridized carbons (Fsp3) is 0.769. The van der Waals surface area contributed by atoms with Crippen molar-refractivity contribution in [1.29, 1.82) is 0 Å². The fourth-order valence-corrected chi connectivity index (χ4v) is 5.62. The highest BCUT2D eigenvalue weighted by atomic mass is 32.2. The van der Waals surface area contributed by atoms with E-state index in [-0.39, 0.29) is 12.2 Å². The Hall–Kier alpha value is -1.07. The van der Waals surface area contributed by atoms with E-state index in [0.29, 0.717) is 11.8 Å². The van der Waals surface area contributed by atoms with E-state index in [4.69, 9.17) is 4.74 Å². The third-order valence-electron chi connectivity index (χ3n) is 6.83. The molecule has 0 aliphatic carbocycles. The second kappa shape index (κ2) is 10.7. The van der Waals surface area contributed by atoms with E-state index in [1.165, 1.54) is 22.4 Å². The van der Waals surface area contributed by atoms with Gasteiger partial charge in [0, 0.05) is 12.2 Å². The largest absolute Gasteiger partial charge is 0.372 e. The number of hydrogen-bond acceptors (Lipinski definition) is 4. The molecule has 1 fully saturated rings. The number of anilines is 1. The van der Waals surface area contributed by atoms with E-state index in [9.17, 15) is 8.42 Å². The summed E-state index contributed by atoms with van der Waals surface area (Å²) in [7, 11) is -2.98. The predicted octanol–water partition coefficient (Wildman–Crippen LogP) is 6.01. The van der Waals surface area contributed by atoms with E-state index in [1.54, 1.807) is 20.8 Å². The van der Waals surface area contributed by atoms with E-state index in [2.05, 4.69) is 51.7 Å². The topological polar surface area (TPSA) is 46.6 Å². The first-order valence-electron chi connectivity index (χ1n) is 12.1. The van der Waals surface area contributed by atoms with Crippen LogP contribution in [0.4, 0.5) is 5.69 Å². The molecule has 1 aromatic rings. The Balaban J connectivity index is 1.84. The van der Waals surface area contributed by atoms with E-state index in [1.807, 2.05) is 0 Å². The van der Waals surface area contributed by atoms with Gasteiger partial charge in [0.25, 0.3) is 0 Å².